The fourth-order valence-corrected chi connectivity index (χ4v) is 1.49. The van der Waals surface area contributed by atoms with Crippen molar-refractivity contribution in [2.75, 3.05) is 0 Å². The van der Waals surface area contributed by atoms with E-state index in [1.807, 2.05) is 0 Å². The van der Waals surface area contributed by atoms with Crippen LogP contribution in [0.4, 0.5) is 105 Å². The summed E-state index contributed by atoms with van der Waals surface area (Å²) in [4.78, 5) is 10.9. The third-order valence-electron chi connectivity index (χ3n) is 3.55. The number of hydrogen-bond acceptors (Lipinski definition) is 4. The smallest absolute Gasteiger partial charge is 0.391 e. The summed E-state index contributed by atoms with van der Waals surface area (Å²) in [7, 11) is 0. The number of alkyl halides is 24. The highest BCUT2D eigenvalue weighted by Crippen LogP contribution is 2.55. The number of halogens is 24. The molecule has 1 unspecified atom stereocenters. The second-order valence-electron chi connectivity index (χ2n) is 6.47. The van der Waals surface area contributed by atoms with Crippen LogP contribution in [-0.2, 0) is 19.0 Å². The van der Waals surface area contributed by atoms with Crippen LogP contribution < -0.4 is 0 Å². The van der Waals surface area contributed by atoms with Gasteiger partial charge in [-0.3, -0.25) is 4.74 Å². The van der Waals surface area contributed by atoms with E-state index in [-0.39, 0.29) is 0 Å². The van der Waals surface area contributed by atoms with Crippen molar-refractivity contribution < 1.29 is 124 Å². The van der Waals surface area contributed by atoms with Gasteiger partial charge in [-0.25, -0.2) is 9.53 Å². The van der Waals surface area contributed by atoms with Crippen molar-refractivity contribution in [1.82, 2.24) is 0 Å². The molecule has 0 amide bonds. The molecule has 0 bridgehead atoms. The maximum Gasteiger partial charge on any atom is 0.476 e. The Balaban J connectivity index is 6.59. The van der Waals surface area contributed by atoms with Gasteiger partial charge in [0.15, 0.2) is 0 Å². The van der Waals surface area contributed by atoms with Gasteiger partial charge in [-0.1, -0.05) is 0 Å². The lowest BCUT2D eigenvalue weighted by Crippen LogP contribution is -2.65. The number of hydrogen-bond donors (Lipinski definition) is 0. The van der Waals surface area contributed by atoms with Crippen LogP contribution in [0.1, 0.15) is 0 Å². The molecule has 0 saturated carbocycles. The van der Waals surface area contributed by atoms with E-state index in [1.54, 1.807) is 0 Å². The summed E-state index contributed by atoms with van der Waals surface area (Å²) < 4.78 is 308. The van der Waals surface area contributed by atoms with Gasteiger partial charge in [-0.2, -0.15) is 105 Å². The first-order valence-electron chi connectivity index (χ1n) is 7.96. The van der Waals surface area contributed by atoms with Crippen LogP contribution in [0.5, 0.6) is 0 Å². The molecule has 4 nitrogen and oxygen atoms in total. The van der Waals surface area contributed by atoms with Gasteiger partial charge in [0.25, 0.3) is 0 Å². The highest BCUT2D eigenvalue weighted by atomic mass is 19.4. The summed E-state index contributed by atoms with van der Waals surface area (Å²) >= 11 is 0. The minimum absolute atomic E-state index is 1.02. The second kappa shape index (κ2) is 9.63. The quantitative estimate of drug-likeness (QED) is 0.183. The van der Waals surface area contributed by atoms with Crippen LogP contribution in [0, 0.1) is 0 Å². The van der Waals surface area contributed by atoms with Crippen LogP contribution in [0.15, 0.2) is 0 Å². The van der Waals surface area contributed by atoms with Gasteiger partial charge in [0.1, 0.15) is 0 Å². The topological polar surface area (TPSA) is 44.8 Å². The van der Waals surface area contributed by atoms with Gasteiger partial charge in [0, 0.05) is 0 Å². The molecule has 0 fully saturated rings. The number of carbonyl (C=O) groups is 1. The van der Waals surface area contributed by atoms with E-state index in [4.69, 9.17) is 0 Å². The third-order valence-corrected chi connectivity index (χ3v) is 3.55. The van der Waals surface area contributed by atoms with Crippen molar-refractivity contribution in [2.45, 2.75) is 66.6 Å². The van der Waals surface area contributed by atoms with Gasteiger partial charge in [-0.05, 0) is 0 Å². The van der Waals surface area contributed by atoms with Crippen molar-refractivity contribution in [3.63, 3.8) is 0 Å². The van der Waals surface area contributed by atoms with Crippen molar-refractivity contribution in [2.24, 2.45) is 0 Å². The van der Waals surface area contributed by atoms with Gasteiger partial charge in [0.2, 0.25) is 0 Å². The summed E-state index contributed by atoms with van der Waals surface area (Å²) in [6.07, 6.45) is -55.9. The van der Waals surface area contributed by atoms with E-state index >= 15 is 0 Å². The molecule has 0 aliphatic heterocycles. The molecule has 0 aliphatic carbocycles. The number of carbonyl (C=O) groups excluding carboxylic acids is 1. The molecule has 0 heterocycles. The molecule has 0 radical (unpaired) electrons. The molecule has 0 aromatic heterocycles. The van der Waals surface area contributed by atoms with Gasteiger partial charge < -0.3 is 4.74 Å². The zero-order valence-electron chi connectivity index (χ0n) is 16.7. The largest absolute Gasteiger partial charge is 0.476 e. The predicted molar refractivity (Wildman–Crippen MR) is 64.9 cm³/mol. The molecular weight excluding hydrogens is 664 g/mol. The first-order valence-corrected chi connectivity index (χ1v) is 7.96. The zero-order valence-corrected chi connectivity index (χ0v) is 16.7. The first kappa shape index (κ1) is 37.7. The molecular formula is C12F24O4. The summed E-state index contributed by atoms with van der Waals surface area (Å²) in [5.74, 6) is -37.7. The van der Waals surface area contributed by atoms with Crippen molar-refractivity contribution >= 4 is 5.97 Å². The molecule has 0 aliphatic rings. The Kier molecular flexibility index (Phi) is 9.08. The molecule has 0 aromatic carbocycles. The standard InChI is InChI=1S/C12F24O4/c13-2(6(20,21)22,39-10(31,32)3(14,15)7(23,24)25)1(37)38-9(29,30)5(18,19)12(35,36)40-11(33,34)4(16,17)8(26,27)28. The molecule has 0 N–H and O–H groups in total. The van der Waals surface area contributed by atoms with E-state index in [0.717, 1.165) is 4.74 Å². The van der Waals surface area contributed by atoms with E-state index in [2.05, 4.69) is 0 Å². The molecule has 0 saturated heterocycles. The highest BCUT2D eigenvalue weighted by molar-refractivity contribution is 5.79. The average Bonchev–Trinajstić information content (AvgIpc) is 2.62. The third kappa shape index (κ3) is 6.14. The molecule has 240 valence electrons. The lowest BCUT2D eigenvalue weighted by atomic mass is 10.2. The lowest BCUT2D eigenvalue weighted by molar-refractivity contribution is -0.521. The molecule has 40 heavy (non-hydrogen) atoms. The summed E-state index contributed by atoms with van der Waals surface area (Å²) in [6.45, 7) is 0. The fraction of sp³-hybridized carbons (Fsp3) is 0.917. The van der Waals surface area contributed by atoms with Crippen LogP contribution in [0.25, 0.3) is 0 Å². The van der Waals surface area contributed by atoms with Crippen LogP contribution in [-0.4, -0.2) is 72.6 Å². The van der Waals surface area contributed by atoms with Crippen LogP contribution >= 0.6 is 0 Å². The van der Waals surface area contributed by atoms with Crippen LogP contribution in [0.3, 0.4) is 0 Å². The summed E-state index contributed by atoms with van der Waals surface area (Å²) in [5.41, 5.74) is 0. The van der Waals surface area contributed by atoms with Gasteiger partial charge in [0.05, 0.1) is 0 Å². The van der Waals surface area contributed by atoms with Gasteiger partial charge in [-0.15, -0.1) is 0 Å². The zero-order chi connectivity index (χ0) is 33.2. The number of rotatable bonds is 10. The Morgan fingerprint density at radius 3 is 0.900 bits per heavy atom. The second-order valence-corrected chi connectivity index (χ2v) is 6.47. The maximum absolute atomic E-state index is 13.7. The Hall–Kier alpha value is -2.29. The number of esters is 1. The monoisotopic (exact) mass is 664 g/mol. The Labute approximate surface area is 198 Å². The molecule has 0 aromatic rings. The fourth-order valence-electron chi connectivity index (χ4n) is 1.49. The summed E-state index contributed by atoms with van der Waals surface area (Å²) in [6, 6.07) is 0. The van der Waals surface area contributed by atoms with Crippen molar-refractivity contribution in [3.8, 4) is 0 Å². The Bertz CT molecular complexity index is 926. The molecule has 0 rings (SSSR count). The van der Waals surface area contributed by atoms with Crippen LogP contribution in [0.2, 0.25) is 0 Å². The normalized spacial score (nSPS) is 17.5. The lowest BCUT2D eigenvalue weighted by Gasteiger charge is -2.37. The summed E-state index contributed by atoms with van der Waals surface area (Å²) in [5, 5.41) is 0. The Morgan fingerprint density at radius 2 is 0.625 bits per heavy atom. The van der Waals surface area contributed by atoms with Gasteiger partial charge >= 0.3 is 72.6 Å². The molecule has 28 heteroatoms. The maximum atomic E-state index is 13.7. The highest BCUT2D eigenvalue weighted by Gasteiger charge is 2.85. The minimum Gasteiger partial charge on any atom is -0.391 e. The van der Waals surface area contributed by atoms with E-state index < -0.39 is 72.6 Å². The SMILES string of the molecule is O=C(OC(F)(F)C(F)(F)C(F)(F)OC(F)(F)C(F)(F)C(F)(F)F)C(F)(OC(F)(F)C(F)(F)C(F)(F)F)C(F)(F)F. The molecule has 1 atom stereocenters. The average molecular weight is 664 g/mol. The van der Waals surface area contributed by atoms with E-state index in [0.29, 0.717) is 0 Å². The van der Waals surface area contributed by atoms with Crippen molar-refractivity contribution in [1.29, 1.82) is 0 Å². The Morgan fingerprint density at radius 1 is 0.350 bits per heavy atom. The van der Waals surface area contributed by atoms with Crippen molar-refractivity contribution in [3.05, 3.63) is 0 Å². The number of ether oxygens (including phenoxy) is 3. The van der Waals surface area contributed by atoms with E-state index in [9.17, 15) is 110 Å². The predicted octanol–water partition coefficient (Wildman–Crippen LogP) is 7.19. The molecule has 0 spiro atoms. The first-order chi connectivity index (χ1) is 16.8. The van der Waals surface area contributed by atoms with E-state index in [1.165, 1.54) is 9.47 Å². The minimum atomic E-state index is -8.45.